The van der Waals surface area contributed by atoms with E-state index < -0.39 is 10.0 Å². The van der Waals surface area contributed by atoms with E-state index in [4.69, 9.17) is 10.2 Å². The second-order valence-electron chi connectivity index (χ2n) is 3.47. The Kier molecular flexibility index (Phi) is 4.28. The quantitative estimate of drug-likeness (QED) is 0.704. The Balaban J connectivity index is 3.05. The van der Waals surface area contributed by atoms with Crippen LogP contribution in [0.3, 0.4) is 0 Å². The van der Waals surface area contributed by atoms with Gasteiger partial charge in [0.15, 0.2) is 0 Å². The number of rotatable bonds is 5. The predicted octanol–water partition coefficient (Wildman–Crippen LogP) is 0.517. The first-order valence-corrected chi connectivity index (χ1v) is 6.53. The number of hydrogen-bond donors (Lipinski definition) is 3. The van der Waals surface area contributed by atoms with E-state index in [1.54, 1.807) is 18.2 Å². The van der Waals surface area contributed by atoms with Crippen LogP contribution < -0.4 is 10.5 Å². The second-order valence-corrected chi connectivity index (χ2v) is 5.00. The van der Waals surface area contributed by atoms with Crippen molar-refractivity contribution < 1.29 is 13.5 Å². The first-order chi connectivity index (χ1) is 7.49. The van der Waals surface area contributed by atoms with E-state index in [1.165, 1.54) is 6.07 Å². The topological polar surface area (TPSA) is 92.4 Å². The molecule has 0 aliphatic rings. The van der Waals surface area contributed by atoms with Gasteiger partial charge in [-0.3, -0.25) is 0 Å². The lowest BCUT2D eigenvalue weighted by Gasteiger charge is -2.17. The largest absolute Gasteiger partial charge is 0.394 e. The van der Waals surface area contributed by atoms with Gasteiger partial charge in [-0.15, -0.1) is 0 Å². The number of benzene rings is 1. The van der Waals surface area contributed by atoms with Gasteiger partial charge in [0, 0.05) is 6.04 Å². The molecule has 0 bridgehead atoms. The standard InChI is InChI=1S/C10H16N2O3S/c1-2-8(7-13)12-9-5-3-4-6-10(9)16(11,14)15/h3-6,8,12-13H,2,7H2,1H3,(H2,11,14,15). The van der Waals surface area contributed by atoms with Crippen LogP contribution >= 0.6 is 0 Å². The molecule has 0 aliphatic carbocycles. The average Bonchev–Trinajstić information content (AvgIpc) is 2.25. The van der Waals surface area contributed by atoms with E-state index in [-0.39, 0.29) is 17.5 Å². The summed E-state index contributed by atoms with van der Waals surface area (Å²) in [6.07, 6.45) is 0.690. The summed E-state index contributed by atoms with van der Waals surface area (Å²) in [5.74, 6) is 0. The fraction of sp³-hybridized carbons (Fsp3) is 0.400. The summed E-state index contributed by atoms with van der Waals surface area (Å²) in [7, 11) is -3.74. The van der Waals surface area contributed by atoms with Crippen LogP contribution in [0.5, 0.6) is 0 Å². The van der Waals surface area contributed by atoms with Crippen molar-refractivity contribution >= 4 is 15.7 Å². The maximum Gasteiger partial charge on any atom is 0.240 e. The predicted molar refractivity (Wildman–Crippen MR) is 62.6 cm³/mol. The Morgan fingerprint density at radius 1 is 1.44 bits per heavy atom. The van der Waals surface area contributed by atoms with Crippen LogP contribution in [-0.2, 0) is 10.0 Å². The van der Waals surface area contributed by atoms with Gasteiger partial charge in [0.2, 0.25) is 10.0 Å². The minimum Gasteiger partial charge on any atom is -0.394 e. The summed E-state index contributed by atoms with van der Waals surface area (Å²) < 4.78 is 22.6. The van der Waals surface area contributed by atoms with Gasteiger partial charge < -0.3 is 10.4 Å². The number of sulfonamides is 1. The van der Waals surface area contributed by atoms with Gasteiger partial charge in [0.05, 0.1) is 12.3 Å². The maximum absolute atomic E-state index is 11.3. The highest BCUT2D eigenvalue weighted by Crippen LogP contribution is 2.20. The molecule has 0 fully saturated rings. The van der Waals surface area contributed by atoms with Crippen molar-refractivity contribution in [3.63, 3.8) is 0 Å². The zero-order valence-electron chi connectivity index (χ0n) is 9.05. The molecule has 90 valence electrons. The molecule has 4 N–H and O–H groups in total. The molecule has 1 rings (SSSR count). The second kappa shape index (κ2) is 5.29. The molecular formula is C10H16N2O3S. The number of nitrogens with two attached hydrogens (primary N) is 1. The highest BCUT2D eigenvalue weighted by molar-refractivity contribution is 7.89. The molecule has 0 heterocycles. The lowest BCUT2D eigenvalue weighted by atomic mass is 10.2. The van der Waals surface area contributed by atoms with Gasteiger partial charge in [-0.1, -0.05) is 19.1 Å². The summed E-state index contributed by atoms with van der Waals surface area (Å²) in [5.41, 5.74) is 0.422. The maximum atomic E-state index is 11.3. The van der Waals surface area contributed by atoms with Gasteiger partial charge in [-0.2, -0.15) is 0 Å². The lowest BCUT2D eigenvalue weighted by molar-refractivity contribution is 0.271. The fourth-order valence-corrected chi connectivity index (χ4v) is 2.03. The molecule has 0 saturated heterocycles. The number of nitrogens with one attached hydrogen (secondary N) is 1. The summed E-state index contributed by atoms with van der Waals surface area (Å²) in [6, 6.07) is 6.19. The normalized spacial score (nSPS) is 13.4. The first kappa shape index (κ1) is 13.0. The number of anilines is 1. The summed E-state index contributed by atoms with van der Waals surface area (Å²) in [5, 5.41) is 17.1. The smallest absolute Gasteiger partial charge is 0.240 e. The van der Waals surface area contributed by atoms with Gasteiger partial charge in [0.25, 0.3) is 0 Å². The van der Waals surface area contributed by atoms with E-state index in [9.17, 15) is 8.42 Å². The number of aliphatic hydroxyl groups excluding tert-OH is 1. The Bertz CT molecular complexity index is 441. The van der Waals surface area contributed by atoms with E-state index >= 15 is 0 Å². The van der Waals surface area contributed by atoms with E-state index in [2.05, 4.69) is 5.32 Å². The van der Waals surface area contributed by atoms with Crippen molar-refractivity contribution in [1.82, 2.24) is 0 Å². The highest BCUT2D eigenvalue weighted by atomic mass is 32.2. The van der Waals surface area contributed by atoms with Crippen LogP contribution in [0.25, 0.3) is 0 Å². The van der Waals surface area contributed by atoms with Crippen molar-refractivity contribution in [2.45, 2.75) is 24.3 Å². The average molecular weight is 244 g/mol. The van der Waals surface area contributed by atoms with Crippen LogP contribution in [0.2, 0.25) is 0 Å². The van der Waals surface area contributed by atoms with Crippen molar-refractivity contribution in [2.24, 2.45) is 5.14 Å². The molecule has 1 atom stereocenters. The van der Waals surface area contributed by atoms with Crippen molar-refractivity contribution in [3.8, 4) is 0 Å². The molecule has 0 amide bonds. The van der Waals surface area contributed by atoms with Gasteiger partial charge in [-0.05, 0) is 18.6 Å². The molecule has 16 heavy (non-hydrogen) atoms. The molecule has 1 aromatic carbocycles. The molecular weight excluding hydrogens is 228 g/mol. The fourth-order valence-electron chi connectivity index (χ4n) is 1.33. The Morgan fingerprint density at radius 2 is 2.06 bits per heavy atom. The summed E-state index contributed by atoms with van der Waals surface area (Å²) in [4.78, 5) is 0.0434. The Hall–Kier alpha value is -1.11. The van der Waals surface area contributed by atoms with Gasteiger partial charge >= 0.3 is 0 Å². The SMILES string of the molecule is CCC(CO)Nc1ccccc1S(N)(=O)=O. The first-order valence-electron chi connectivity index (χ1n) is 4.98. The Labute approximate surface area is 95.3 Å². The van der Waals surface area contributed by atoms with Gasteiger partial charge in [0.1, 0.15) is 4.90 Å². The van der Waals surface area contributed by atoms with Crippen LogP contribution in [-0.4, -0.2) is 26.2 Å². The minimum atomic E-state index is -3.74. The molecule has 0 spiro atoms. The van der Waals surface area contributed by atoms with E-state index in [1.807, 2.05) is 6.92 Å². The third-order valence-corrected chi connectivity index (χ3v) is 3.24. The van der Waals surface area contributed by atoms with E-state index in [0.717, 1.165) is 0 Å². The molecule has 0 aliphatic heterocycles. The number of primary sulfonamides is 1. The summed E-state index contributed by atoms with van der Waals surface area (Å²) in [6.45, 7) is 1.84. The monoisotopic (exact) mass is 244 g/mol. The third kappa shape index (κ3) is 3.19. The third-order valence-electron chi connectivity index (χ3n) is 2.27. The van der Waals surface area contributed by atoms with Crippen LogP contribution in [0.1, 0.15) is 13.3 Å². The van der Waals surface area contributed by atoms with Crippen LogP contribution in [0.15, 0.2) is 29.2 Å². The number of hydrogen-bond acceptors (Lipinski definition) is 4. The molecule has 1 unspecified atom stereocenters. The molecule has 6 heteroatoms. The van der Waals surface area contributed by atoms with Crippen molar-refractivity contribution in [2.75, 3.05) is 11.9 Å². The molecule has 5 nitrogen and oxygen atoms in total. The summed E-state index contributed by atoms with van der Waals surface area (Å²) >= 11 is 0. The van der Waals surface area contributed by atoms with Crippen molar-refractivity contribution in [1.29, 1.82) is 0 Å². The number of para-hydroxylation sites is 1. The molecule has 0 aromatic heterocycles. The zero-order valence-corrected chi connectivity index (χ0v) is 9.87. The Morgan fingerprint density at radius 3 is 2.56 bits per heavy atom. The van der Waals surface area contributed by atoms with E-state index in [0.29, 0.717) is 12.1 Å². The van der Waals surface area contributed by atoms with Crippen molar-refractivity contribution in [3.05, 3.63) is 24.3 Å². The molecule has 1 aromatic rings. The molecule has 0 radical (unpaired) electrons. The molecule has 0 saturated carbocycles. The minimum absolute atomic E-state index is 0.0434. The number of aliphatic hydroxyl groups is 1. The van der Waals surface area contributed by atoms with Gasteiger partial charge in [-0.25, -0.2) is 13.6 Å². The highest BCUT2D eigenvalue weighted by Gasteiger charge is 2.14. The van der Waals surface area contributed by atoms with Crippen LogP contribution in [0.4, 0.5) is 5.69 Å². The zero-order chi connectivity index (χ0) is 12.2. The van der Waals surface area contributed by atoms with Crippen LogP contribution in [0, 0.1) is 0 Å². The lowest BCUT2D eigenvalue weighted by Crippen LogP contribution is -2.24.